The van der Waals surface area contributed by atoms with Crippen molar-refractivity contribution in [2.75, 3.05) is 43.9 Å². The lowest BCUT2D eigenvalue weighted by Gasteiger charge is -2.32. The zero-order chi connectivity index (χ0) is 16.9. The van der Waals surface area contributed by atoms with Crippen LogP contribution in [0.15, 0.2) is 24.3 Å². The molecule has 24 heavy (non-hydrogen) atoms. The number of nitrogen functional groups attached to an aromatic ring is 1. The molecule has 1 aliphatic heterocycles. The Hall–Kier alpha value is -2.98. The van der Waals surface area contributed by atoms with E-state index in [9.17, 15) is 0 Å². The first-order valence-corrected chi connectivity index (χ1v) is 7.77. The average Bonchev–Trinajstić information content (AvgIpc) is 2.60. The molecule has 1 fully saturated rings. The van der Waals surface area contributed by atoms with Crippen LogP contribution >= 0.6 is 0 Å². The van der Waals surface area contributed by atoms with Crippen molar-refractivity contribution in [1.82, 2.24) is 19.9 Å². The third kappa shape index (κ3) is 3.86. The molecule has 7 nitrogen and oxygen atoms in total. The van der Waals surface area contributed by atoms with E-state index in [2.05, 4.69) is 37.9 Å². The minimum Gasteiger partial charge on any atom is -0.368 e. The summed E-state index contributed by atoms with van der Waals surface area (Å²) < 4.78 is 0. The van der Waals surface area contributed by atoms with E-state index in [0.717, 1.165) is 31.7 Å². The third-order valence-corrected chi connectivity index (χ3v) is 3.88. The first-order valence-electron chi connectivity index (χ1n) is 7.77. The highest BCUT2D eigenvalue weighted by atomic mass is 15.3. The maximum atomic E-state index is 8.95. The molecule has 0 bridgehead atoms. The molecular formula is C17H19N7. The molecule has 1 aromatic carbocycles. The second-order valence-corrected chi connectivity index (χ2v) is 5.71. The summed E-state index contributed by atoms with van der Waals surface area (Å²) in [6.45, 7) is 3.68. The fourth-order valence-electron chi connectivity index (χ4n) is 2.50. The number of nitrogens with two attached hydrogens (primary N) is 1. The van der Waals surface area contributed by atoms with Gasteiger partial charge in [-0.3, -0.25) is 0 Å². The number of nitriles is 1. The van der Waals surface area contributed by atoms with E-state index < -0.39 is 0 Å². The summed E-state index contributed by atoms with van der Waals surface area (Å²) in [4.78, 5) is 17.3. The van der Waals surface area contributed by atoms with Gasteiger partial charge in [0.15, 0.2) is 5.82 Å². The van der Waals surface area contributed by atoms with Gasteiger partial charge in [0.1, 0.15) is 0 Å². The number of aromatic nitrogens is 3. The largest absolute Gasteiger partial charge is 0.368 e. The van der Waals surface area contributed by atoms with Gasteiger partial charge in [-0.15, -0.1) is 0 Å². The zero-order valence-electron chi connectivity index (χ0n) is 13.6. The second kappa shape index (κ2) is 7.06. The van der Waals surface area contributed by atoms with Crippen LogP contribution in [-0.4, -0.2) is 53.1 Å². The average molecular weight is 321 g/mol. The number of rotatable bonds is 3. The van der Waals surface area contributed by atoms with Crippen LogP contribution in [0.1, 0.15) is 17.0 Å². The highest BCUT2D eigenvalue weighted by molar-refractivity contribution is 5.68. The Balaban J connectivity index is 1.81. The van der Waals surface area contributed by atoms with Gasteiger partial charge in [-0.1, -0.05) is 18.2 Å². The number of hydrogen-bond donors (Lipinski definition) is 1. The Kier molecular flexibility index (Phi) is 4.68. The van der Waals surface area contributed by atoms with Gasteiger partial charge >= 0.3 is 0 Å². The summed E-state index contributed by atoms with van der Waals surface area (Å²) in [5.74, 6) is 1.34. The molecule has 0 amide bonds. The van der Waals surface area contributed by atoms with Gasteiger partial charge in [-0.25, -0.2) is 0 Å². The van der Waals surface area contributed by atoms with Crippen LogP contribution < -0.4 is 10.6 Å². The monoisotopic (exact) mass is 321 g/mol. The van der Waals surface area contributed by atoms with Crippen molar-refractivity contribution >= 4 is 24.0 Å². The predicted octanol–water partition coefficient (Wildman–Crippen LogP) is 1.25. The fraction of sp³-hybridized carbons (Fsp3) is 0.294. The third-order valence-electron chi connectivity index (χ3n) is 3.88. The molecule has 0 unspecified atom stereocenters. The summed E-state index contributed by atoms with van der Waals surface area (Å²) in [6.07, 6.45) is 3.65. The minimum absolute atomic E-state index is 0.212. The topological polar surface area (TPSA) is 95.0 Å². The molecule has 0 spiro atoms. The Bertz CT molecular complexity index is 786. The van der Waals surface area contributed by atoms with Crippen LogP contribution in [0.5, 0.6) is 0 Å². The van der Waals surface area contributed by atoms with Crippen LogP contribution in [0.25, 0.3) is 12.2 Å². The minimum atomic E-state index is 0.212. The molecule has 0 radical (unpaired) electrons. The first-order chi connectivity index (χ1) is 11.6. The summed E-state index contributed by atoms with van der Waals surface area (Å²) in [6, 6.07) is 9.46. The Morgan fingerprint density at radius 2 is 1.92 bits per heavy atom. The molecular weight excluding hydrogens is 302 g/mol. The second-order valence-electron chi connectivity index (χ2n) is 5.71. The quantitative estimate of drug-likeness (QED) is 0.909. The Labute approximate surface area is 141 Å². The zero-order valence-corrected chi connectivity index (χ0v) is 13.6. The van der Waals surface area contributed by atoms with Crippen LogP contribution in [0.2, 0.25) is 0 Å². The van der Waals surface area contributed by atoms with E-state index >= 15 is 0 Å². The van der Waals surface area contributed by atoms with Gasteiger partial charge in [0.05, 0.1) is 11.6 Å². The van der Waals surface area contributed by atoms with E-state index in [4.69, 9.17) is 11.0 Å². The Morgan fingerprint density at radius 1 is 1.12 bits per heavy atom. The first kappa shape index (κ1) is 15.9. The number of anilines is 2. The lowest BCUT2D eigenvalue weighted by molar-refractivity contribution is 0.311. The van der Waals surface area contributed by atoms with Crippen molar-refractivity contribution in [2.24, 2.45) is 0 Å². The van der Waals surface area contributed by atoms with Crippen LogP contribution in [0, 0.1) is 11.3 Å². The van der Waals surface area contributed by atoms with Gasteiger partial charge in [-0.05, 0) is 30.8 Å². The summed E-state index contributed by atoms with van der Waals surface area (Å²) >= 11 is 0. The maximum absolute atomic E-state index is 8.95. The van der Waals surface area contributed by atoms with Crippen molar-refractivity contribution in [3.05, 3.63) is 41.2 Å². The van der Waals surface area contributed by atoms with Gasteiger partial charge in [0, 0.05) is 26.2 Å². The highest BCUT2D eigenvalue weighted by Gasteiger charge is 2.17. The fourth-order valence-corrected chi connectivity index (χ4v) is 2.50. The smallest absolute Gasteiger partial charge is 0.230 e. The van der Waals surface area contributed by atoms with Crippen molar-refractivity contribution in [3.63, 3.8) is 0 Å². The van der Waals surface area contributed by atoms with E-state index in [1.807, 2.05) is 24.3 Å². The van der Waals surface area contributed by atoms with Crippen molar-refractivity contribution < 1.29 is 0 Å². The van der Waals surface area contributed by atoms with Crippen LogP contribution in [0.3, 0.4) is 0 Å². The number of piperazine rings is 1. The lowest BCUT2D eigenvalue weighted by Crippen LogP contribution is -2.45. The van der Waals surface area contributed by atoms with E-state index in [1.165, 1.54) is 0 Å². The highest BCUT2D eigenvalue weighted by Crippen LogP contribution is 2.14. The molecule has 2 aromatic rings. The van der Waals surface area contributed by atoms with Crippen molar-refractivity contribution in [2.45, 2.75) is 0 Å². The molecule has 0 atom stereocenters. The molecule has 2 heterocycles. The van der Waals surface area contributed by atoms with Crippen LogP contribution in [0.4, 0.5) is 11.9 Å². The summed E-state index contributed by atoms with van der Waals surface area (Å²) in [5, 5.41) is 8.95. The molecule has 0 aliphatic carbocycles. The molecule has 1 saturated heterocycles. The number of benzene rings is 1. The molecule has 7 heteroatoms. The molecule has 0 saturated carbocycles. The van der Waals surface area contributed by atoms with Gasteiger partial charge in [-0.2, -0.15) is 20.2 Å². The molecule has 2 N–H and O–H groups in total. The van der Waals surface area contributed by atoms with Gasteiger partial charge in [0.2, 0.25) is 11.9 Å². The normalized spacial score (nSPS) is 15.6. The lowest BCUT2D eigenvalue weighted by atomic mass is 10.1. The maximum Gasteiger partial charge on any atom is 0.230 e. The molecule has 1 aromatic heterocycles. The molecule has 122 valence electrons. The van der Waals surface area contributed by atoms with Crippen molar-refractivity contribution in [3.8, 4) is 6.07 Å². The standard InChI is InChI=1S/C17H19N7/c1-23-7-9-24(10-8-23)17-21-15(20-16(19)22-17)6-5-13-3-2-4-14(11-13)12-18/h2-6,11H,7-10H2,1H3,(H2,19,20,21,22)/b6-5+. The van der Waals surface area contributed by atoms with E-state index in [0.29, 0.717) is 17.3 Å². The number of nitrogens with zero attached hydrogens (tertiary/aromatic N) is 6. The van der Waals surface area contributed by atoms with Crippen LogP contribution in [-0.2, 0) is 0 Å². The van der Waals surface area contributed by atoms with Gasteiger partial charge < -0.3 is 15.5 Å². The predicted molar refractivity (Wildman–Crippen MR) is 94.0 cm³/mol. The van der Waals surface area contributed by atoms with Gasteiger partial charge in [0.25, 0.3) is 0 Å². The SMILES string of the molecule is CN1CCN(c2nc(N)nc(/C=C/c3cccc(C#N)c3)n2)CC1. The van der Waals surface area contributed by atoms with Crippen molar-refractivity contribution in [1.29, 1.82) is 5.26 Å². The number of hydrogen-bond acceptors (Lipinski definition) is 7. The summed E-state index contributed by atoms with van der Waals surface area (Å²) in [5.41, 5.74) is 7.36. The Morgan fingerprint density at radius 3 is 2.67 bits per heavy atom. The molecule has 1 aliphatic rings. The number of likely N-dealkylation sites (N-methyl/N-ethyl adjacent to an activating group) is 1. The summed E-state index contributed by atoms with van der Waals surface area (Å²) in [7, 11) is 2.10. The van der Waals surface area contributed by atoms with E-state index in [-0.39, 0.29) is 5.95 Å². The van der Waals surface area contributed by atoms with E-state index in [1.54, 1.807) is 12.1 Å². The molecule has 3 rings (SSSR count).